The summed E-state index contributed by atoms with van der Waals surface area (Å²) >= 11 is 1.78. The monoisotopic (exact) mass is 548 g/mol. The van der Waals surface area contributed by atoms with Gasteiger partial charge in [-0.2, -0.15) is 0 Å². The Bertz CT molecular complexity index is 689. The smallest absolute Gasteiger partial charge is 0.217 e. The molecule has 0 spiro atoms. The maximum Gasteiger partial charge on any atom is 0.217 e. The minimum atomic E-state index is -0.199. The third-order valence-electron chi connectivity index (χ3n) is 6.06. The van der Waals surface area contributed by atoms with E-state index >= 15 is 0 Å². The number of amides is 1. The summed E-state index contributed by atoms with van der Waals surface area (Å²) in [5.41, 5.74) is 6.61. The average molecular weight is 549 g/mol. The number of primary amides is 1. The molecule has 0 radical (unpaired) electrons. The number of guanidine groups is 1. The molecule has 1 unspecified atom stereocenters. The minimum Gasteiger partial charge on any atom is -0.370 e. The van der Waals surface area contributed by atoms with Gasteiger partial charge in [-0.1, -0.05) is 6.92 Å². The quantitative estimate of drug-likeness (QED) is 0.311. The Labute approximate surface area is 201 Å². The zero-order chi connectivity index (χ0) is 20.6. The van der Waals surface area contributed by atoms with Crippen LogP contribution in [-0.4, -0.2) is 66.4 Å². The molecule has 0 aliphatic carbocycles. The van der Waals surface area contributed by atoms with Crippen molar-refractivity contribution < 1.29 is 4.79 Å². The number of hydrogen-bond acceptors (Lipinski definition) is 5. The Balaban J connectivity index is 0.00000320. The number of nitrogens with one attached hydrogen (secondary N) is 1. The van der Waals surface area contributed by atoms with Crippen LogP contribution in [0, 0.1) is 11.8 Å². The summed E-state index contributed by atoms with van der Waals surface area (Å²) in [6.45, 7) is 8.25. The van der Waals surface area contributed by atoms with Crippen molar-refractivity contribution in [3.8, 4) is 0 Å². The molecule has 0 saturated carbocycles. The number of aliphatic imine (C=N–C) groups is 1. The van der Waals surface area contributed by atoms with Crippen molar-refractivity contribution in [3.63, 3.8) is 0 Å². The van der Waals surface area contributed by atoms with Gasteiger partial charge < -0.3 is 16.0 Å². The van der Waals surface area contributed by atoms with E-state index in [4.69, 9.17) is 10.7 Å². The lowest BCUT2D eigenvalue weighted by Crippen LogP contribution is -2.48. The van der Waals surface area contributed by atoms with Gasteiger partial charge >= 0.3 is 0 Å². The predicted octanol–water partition coefficient (Wildman–Crippen LogP) is 2.70. The van der Waals surface area contributed by atoms with Crippen LogP contribution >= 0.6 is 35.3 Å². The second kappa shape index (κ2) is 12.8. The first-order valence-corrected chi connectivity index (χ1v) is 11.8. The Hall–Kier alpha value is -0.940. The first-order valence-electron chi connectivity index (χ1n) is 11.0. The van der Waals surface area contributed by atoms with Crippen molar-refractivity contribution in [2.45, 2.75) is 52.0 Å². The molecular formula is C21H37IN6OS. The highest BCUT2D eigenvalue weighted by Crippen LogP contribution is 2.21. The van der Waals surface area contributed by atoms with Gasteiger partial charge in [-0.05, 0) is 57.0 Å². The van der Waals surface area contributed by atoms with Gasteiger partial charge in [0.15, 0.2) is 5.96 Å². The predicted molar refractivity (Wildman–Crippen MR) is 134 cm³/mol. The highest BCUT2D eigenvalue weighted by molar-refractivity contribution is 14.0. The van der Waals surface area contributed by atoms with Crippen LogP contribution in [0.2, 0.25) is 0 Å². The number of aromatic nitrogens is 1. The number of piperidine rings is 2. The summed E-state index contributed by atoms with van der Waals surface area (Å²) in [4.78, 5) is 25.3. The summed E-state index contributed by atoms with van der Waals surface area (Å²) in [6, 6.07) is 0. The number of halogens is 1. The second-order valence-corrected chi connectivity index (χ2v) is 9.30. The van der Waals surface area contributed by atoms with Crippen LogP contribution in [0.1, 0.15) is 49.7 Å². The van der Waals surface area contributed by atoms with Crippen LogP contribution in [0.3, 0.4) is 0 Å². The van der Waals surface area contributed by atoms with Gasteiger partial charge in [-0.25, -0.2) is 4.98 Å². The molecule has 1 aromatic heterocycles. The zero-order valence-electron chi connectivity index (χ0n) is 18.3. The maximum atomic E-state index is 11.3. The van der Waals surface area contributed by atoms with Gasteiger partial charge in [0.05, 0.1) is 10.7 Å². The summed E-state index contributed by atoms with van der Waals surface area (Å²) in [5.74, 6) is 1.80. The second-order valence-electron chi connectivity index (χ2n) is 8.36. The summed E-state index contributed by atoms with van der Waals surface area (Å²) in [6.07, 6.45) is 6.09. The molecule has 2 saturated heterocycles. The van der Waals surface area contributed by atoms with Crippen molar-refractivity contribution in [1.82, 2.24) is 20.1 Å². The third kappa shape index (κ3) is 7.64. The van der Waals surface area contributed by atoms with Gasteiger partial charge in [0.2, 0.25) is 5.91 Å². The van der Waals surface area contributed by atoms with Gasteiger partial charge in [0.1, 0.15) is 0 Å². The van der Waals surface area contributed by atoms with Crippen LogP contribution in [0.4, 0.5) is 0 Å². The molecule has 1 atom stereocenters. The lowest BCUT2D eigenvalue weighted by Gasteiger charge is -2.36. The average Bonchev–Trinajstić information content (AvgIpc) is 3.17. The molecule has 3 heterocycles. The summed E-state index contributed by atoms with van der Waals surface area (Å²) < 4.78 is 0. The fraction of sp³-hybridized carbons (Fsp3) is 0.762. The molecule has 30 heavy (non-hydrogen) atoms. The Morgan fingerprint density at radius 2 is 2.07 bits per heavy atom. The number of thiazole rings is 1. The topological polar surface area (TPSA) is 86.8 Å². The molecule has 2 aliphatic rings. The van der Waals surface area contributed by atoms with E-state index in [1.54, 1.807) is 11.3 Å². The number of likely N-dealkylation sites (tertiary alicyclic amines) is 2. The Morgan fingerprint density at radius 1 is 1.30 bits per heavy atom. The van der Waals surface area contributed by atoms with Crippen molar-refractivity contribution in [1.29, 1.82) is 0 Å². The highest BCUT2D eigenvalue weighted by atomic mass is 127. The molecule has 1 aromatic rings. The van der Waals surface area contributed by atoms with Gasteiger partial charge in [0.25, 0.3) is 0 Å². The van der Waals surface area contributed by atoms with Crippen LogP contribution < -0.4 is 11.1 Å². The van der Waals surface area contributed by atoms with E-state index < -0.39 is 0 Å². The lowest BCUT2D eigenvalue weighted by atomic mass is 9.94. The van der Waals surface area contributed by atoms with E-state index in [-0.39, 0.29) is 29.9 Å². The highest BCUT2D eigenvalue weighted by Gasteiger charge is 2.25. The van der Waals surface area contributed by atoms with Gasteiger partial charge in [0, 0.05) is 45.0 Å². The number of carbonyl (C=O) groups excluding carboxylic acids is 1. The number of nitrogens with two attached hydrogens (primary N) is 1. The van der Waals surface area contributed by atoms with Crippen LogP contribution in [-0.2, 0) is 17.8 Å². The van der Waals surface area contributed by atoms with E-state index in [1.807, 2.05) is 7.05 Å². The van der Waals surface area contributed by atoms with E-state index in [9.17, 15) is 4.79 Å². The molecule has 0 bridgehead atoms. The number of aryl methyl sites for hydroxylation is 1. The Morgan fingerprint density at radius 3 is 2.70 bits per heavy atom. The molecule has 3 rings (SSSR count). The molecule has 9 heteroatoms. The maximum absolute atomic E-state index is 11.3. The minimum absolute atomic E-state index is 0. The molecule has 0 aromatic carbocycles. The van der Waals surface area contributed by atoms with E-state index in [0.717, 1.165) is 64.5 Å². The summed E-state index contributed by atoms with van der Waals surface area (Å²) in [5, 5.41) is 7.03. The lowest BCUT2D eigenvalue weighted by molar-refractivity contribution is -0.119. The van der Waals surface area contributed by atoms with Gasteiger partial charge in [-0.3, -0.25) is 14.7 Å². The number of hydrogen-bond donors (Lipinski definition) is 2. The third-order valence-corrected chi connectivity index (χ3v) is 7.11. The molecular weight excluding hydrogens is 511 g/mol. The normalized spacial score (nSPS) is 21.3. The molecule has 170 valence electrons. The van der Waals surface area contributed by atoms with E-state index in [1.165, 1.54) is 23.5 Å². The number of nitrogens with zero attached hydrogens (tertiary/aromatic N) is 4. The molecule has 7 nitrogen and oxygen atoms in total. The van der Waals surface area contributed by atoms with E-state index in [2.05, 4.69) is 32.4 Å². The molecule has 3 N–H and O–H groups in total. The van der Waals surface area contributed by atoms with Crippen molar-refractivity contribution in [2.75, 3.05) is 39.8 Å². The van der Waals surface area contributed by atoms with E-state index in [0.29, 0.717) is 18.3 Å². The van der Waals surface area contributed by atoms with Crippen LogP contribution in [0.25, 0.3) is 0 Å². The number of rotatable bonds is 7. The largest absolute Gasteiger partial charge is 0.370 e. The van der Waals surface area contributed by atoms with Crippen molar-refractivity contribution >= 4 is 47.2 Å². The SMILES string of the molecule is CCc1nc(CN2CCC(CNC(=NC)N3CCCC(CC(N)=O)C3)CC2)cs1.I. The molecule has 2 fully saturated rings. The number of carbonyl (C=O) groups is 1. The first kappa shape index (κ1) is 25.3. The fourth-order valence-electron chi connectivity index (χ4n) is 4.44. The van der Waals surface area contributed by atoms with Crippen LogP contribution in [0.5, 0.6) is 0 Å². The zero-order valence-corrected chi connectivity index (χ0v) is 21.5. The molecule has 1 amide bonds. The van der Waals surface area contributed by atoms with Crippen molar-refractivity contribution in [3.05, 3.63) is 16.1 Å². The van der Waals surface area contributed by atoms with Gasteiger partial charge in [-0.15, -0.1) is 35.3 Å². The van der Waals surface area contributed by atoms with Crippen LogP contribution in [0.15, 0.2) is 10.4 Å². The van der Waals surface area contributed by atoms with Crippen molar-refractivity contribution in [2.24, 2.45) is 22.6 Å². The standard InChI is InChI=1S/C21H36N6OS.HI/c1-3-20-25-18(15-29-20)14-26-9-6-16(7-10-26)12-24-21(23-2)27-8-4-5-17(13-27)11-19(22)28;/h15-17H,3-14H2,1-2H3,(H2,22,28)(H,23,24);1H. The molecule has 2 aliphatic heterocycles. The fourth-order valence-corrected chi connectivity index (χ4v) is 5.17. The Kier molecular flexibility index (Phi) is 10.8. The summed E-state index contributed by atoms with van der Waals surface area (Å²) in [7, 11) is 1.85. The first-order chi connectivity index (χ1) is 14.1.